The molecule has 1 fully saturated rings. The van der Waals surface area contributed by atoms with Crippen molar-refractivity contribution < 1.29 is 9.52 Å². The second-order valence-electron chi connectivity index (χ2n) is 5.54. The number of aromatic nitrogens is 1. The molecule has 1 aliphatic rings. The number of oxazole rings is 1. The van der Waals surface area contributed by atoms with Gasteiger partial charge in [-0.15, -0.1) is 0 Å². The standard InChI is InChI=1S/C12H20N2O2/c1-12(2,3)10-6-13-11(16-10)14-5-4-9(7-14)8-15/h6,9,15H,4-5,7-8H2,1-3H3. The molecule has 1 N–H and O–H groups in total. The van der Waals surface area contributed by atoms with Crippen LogP contribution >= 0.6 is 0 Å². The lowest BCUT2D eigenvalue weighted by Gasteiger charge is -2.15. The van der Waals surface area contributed by atoms with Gasteiger partial charge >= 0.3 is 0 Å². The van der Waals surface area contributed by atoms with Gasteiger partial charge in [-0.1, -0.05) is 20.8 Å². The summed E-state index contributed by atoms with van der Waals surface area (Å²) in [7, 11) is 0. The maximum atomic E-state index is 9.09. The van der Waals surface area contributed by atoms with Gasteiger partial charge in [-0.05, 0) is 6.42 Å². The van der Waals surface area contributed by atoms with Crippen LogP contribution in [0.1, 0.15) is 33.0 Å². The average molecular weight is 224 g/mol. The molecular weight excluding hydrogens is 204 g/mol. The van der Waals surface area contributed by atoms with E-state index >= 15 is 0 Å². The van der Waals surface area contributed by atoms with Crippen molar-refractivity contribution >= 4 is 6.01 Å². The van der Waals surface area contributed by atoms with Crippen molar-refractivity contribution in [2.24, 2.45) is 5.92 Å². The zero-order valence-electron chi connectivity index (χ0n) is 10.2. The van der Waals surface area contributed by atoms with Crippen molar-refractivity contribution in [1.29, 1.82) is 0 Å². The van der Waals surface area contributed by atoms with E-state index in [0.717, 1.165) is 25.3 Å². The smallest absolute Gasteiger partial charge is 0.297 e. The lowest BCUT2D eigenvalue weighted by molar-refractivity contribution is 0.238. The van der Waals surface area contributed by atoms with Gasteiger partial charge in [-0.2, -0.15) is 0 Å². The van der Waals surface area contributed by atoms with Crippen molar-refractivity contribution in [2.45, 2.75) is 32.6 Å². The molecule has 1 aromatic rings. The molecule has 90 valence electrons. The molecule has 1 saturated heterocycles. The van der Waals surface area contributed by atoms with Gasteiger partial charge in [0.15, 0.2) is 0 Å². The first-order valence-electron chi connectivity index (χ1n) is 5.83. The Morgan fingerprint density at radius 3 is 2.81 bits per heavy atom. The molecule has 0 bridgehead atoms. The fraction of sp³-hybridized carbons (Fsp3) is 0.750. The van der Waals surface area contributed by atoms with Crippen LogP contribution in [0.4, 0.5) is 6.01 Å². The number of anilines is 1. The first kappa shape index (κ1) is 11.5. The zero-order chi connectivity index (χ0) is 11.8. The molecule has 1 unspecified atom stereocenters. The molecule has 0 aliphatic carbocycles. The Bertz CT molecular complexity index is 354. The first-order chi connectivity index (χ1) is 7.50. The van der Waals surface area contributed by atoms with Crippen LogP contribution in [0, 0.1) is 5.92 Å². The Hall–Kier alpha value is -1.03. The van der Waals surface area contributed by atoms with E-state index in [9.17, 15) is 0 Å². The van der Waals surface area contributed by atoms with Crippen molar-refractivity contribution in [3.05, 3.63) is 12.0 Å². The van der Waals surface area contributed by atoms with Gasteiger partial charge in [0, 0.05) is 31.0 Å². The molecule has 4 nitrogen and oxygen atoms in total. The SMILES string of the molecule is CC(C)(C)c1cnc(N2CCC(CO)C2)o1. The first-order valence-corrected chi connectivity index (χ1v) is 5.83. The Labute approximate surface area is 96.3 Å². The minimum atomic E-state index is 0.00134. The summed E-state index contributed by atoms with van der Waals surface area (Å²) in [6.45, 7) is 8.35. The quantitative estimate of drug-likeness (QED) is 0.832. The maximum Gasteiger partial charge on any atom is 0.297 e. The minimum absolute atomic E-state index is 0.00134. The molecule has 1 aliphatic heterocycles. The Morgan fingerprint density at radius 1 is 1.56 bits per heavy atom. The summed E-state index contributed by atoms with van der Waals surface area (Å²) in [6, 6.07) is 0.695. The van der Waals surface area contributed by atoms with Gasteiger partial charge in [-0.25, -0.2) is 4.98 Å². The number of aliphatic hydroxyl groups excluding tert-OH is 1. The van der Waals surface area contributed by atoms with E-state index in [4.69, 9.17) is 9.52 Å². The van der Waals surface area contributed by atoms with E-state index in [1.165, 1.54) is 0 Å². The summed E-state index contributed by atoms with van der Waals surface area (Å²) in [5.41, 5.74) is 0.00134. The van der Waals surface area contributed by atoms with Crippen LogP contribution in [-0.2, 0) is 5.41 Å². The molecule has 4 heteroatoms. The molecule has 1 atom stereocenters. The molecule has 0 radical (unpaired) electrons. The predicted molar refractivity (Wildman–Crippen MR) is 62.6 cm³/mol. The minimum Gasteiger partial charge on any atom is -0.428 e. The van der Waals surface area contributed by atoms with Crippen molar-refractivity contribution in [3.63, 3.8) is 0 Å². The third kappa shape index (κ3) is 2.21. The van der Waals surface area contributed by atoms with Gasteiger partial charge in [0.2, 0.25) is 0 Å². The summed E-state index contributed by atoms with van der Waals surface area (Å²) in [5.74, 6) is 1.28. The number of hydrogen-bond acceptors (Lipinski definition) is 4. The highest BCUT2D eigenvalue weighted by Gasteiger charge is 2.27. The van der Waals surface area contributed by atoms with Crippen LogP contribution in [0.2, 0.25) is 0 Å². The fourth-order valence-corrected chi connectivity index (χ4v) is 1.91. The van der Waals surface area contributed by atoms with Crippen LogP contribution < -0.4 is 4.90 Å². The van der Waals surface area contributed by atoms with E-state index < -0.39 is 0 Å². The van der Waals surface area contributed by atoms with Crippen LogP contribution in [0.15, 0.2) is 10.6 Å². The van der Waals surface area contributed by atoms with E-state index in [1.807, 2.05) is 6.20 Å². The highest BCUT2D eigenvalue weighted by Crippen LogP contribution is 2.28. The third-order valence-corrected chi connectivity index (χ3v) is 3.05. The van der Waals surface area contributed by atoms with E-state index in [2.05, 4.69) is 30.7 Å². The lowest BCUT2D eigenvalue weighted by atomic mass is 9.94. The molecule has 1 aromatic heterocycles. The van der Waals surface area contributed by atoms with Crippen molar-refractivity contribution in [3.8, 4) is 0 Å². The summed E-state index contributed by atoms with van der Waals surface area (Å²) >= 11 is 0. The molecular formula is C12H20N2O2. The number of hydrogen-bond donors (Lipinski definition) is 1. The predicted octanol–water partition coefficient (Wildman–Crippen LogP) is 1.79. The van der Waals surface area contributed by atoms with Gasteiger partial charge in [0.1, 0.15) is 5.76 Å². The topological polar surface area (TPSA) is 49.5 Å². The van der Waals surface area contributed by atoms with Crippen LogP contribution in [0.3, 0.4) is 0 Å². The lowest BCUT2D eigenvalue weighted by Crippen LogP contribution is -2.20. The molecule has 16 heavy (non-hydrogen) atoms. The Kier molecular flexibility index (Phi) is 2.93. The highest BCUT2D eigenvalue weighted by atomic mass is 16.4. The number of rotatable bonds is 2. The monoisotopic (exact) mass is 224 g/mol. The van der Waals surface area contributed by atoms with Gasteiger partial charge in [-0.3, -0.25) is 0 Å². The van der Waals surface area contributed by atoms with Crippen LogP contribution in [0.5, 0.6) is 0 Å². The van der Waals surface area contributed by atoms with Gasteiger partial charge in [0.25, 0.3) is 6.01 Å². The number of aliphatic hydroxyl groups is 1. The molecule has 0 spiro atoms. The van der Waals surface area contributed by atoms with Crippen LogP contribution in [0.25, 0.3) is 0 Å². The Morgan fingerprint density at radius 2 is 2.31 bits per heavy atom. The highest BCUT2D eigenvalue weighted by molar-refractivity contribution is 5.29. The average Bonchev–Trinajstić information content (AvgIpc) is 2.85. The zero-order valence-corrected chi connectivity index (χ0v) is 10.2. The molecule has 0 aromatic carbocycles. The molecule has 0 amide bonds. The second-order valence-corrected chi connectivity index (χ2v) is 5.54. The van der Waals surface area contributed by atoms with E-state index in [0.29, 0.717) is 11.9 Å². The van der Waals surface area contributed by atoms with E-state index in [-0.39, 0.29) is 12.0 Å². The summed E-state index contributed by atoms with van der Waals surface area (Å²) in [6.07, 6.45) is 2.82. The van der Waals surface area contributed by atoms with Crippen molar-refractivity contribution in [1.82, 2.24) is 4.98 Å². The van der Waals surface area contributed by atoms with Crippen LogP contribution in [-0.4, -0.2) is 29.8 Å². The van der Waals surface area contributed by atoms with E-state index in [1.54, 1.807) is 0 Å². The normalized spacial score (nSPS) is 21.8. The number of nitrogens with zero attached hydrogens (tertiary/aromatic N) is 2. The fourth-order valence-electron chi connectivity index (χ4n) is 1.91. The molecule has 0 saturated carbocycles. The Balaban J connectivity index is 2.08. The maximum absolute atomic E-state index is 9.09. The van der Waals surface area contributed by atoms with Gasteiger partial charge < -0.3 is 14.4 Å². The summed E-state index contributed by atoms with van der Waals surface area (Å²) < 4.78 is 5.76. The summed E-state index contributed by atoms with van der Waals surface area (Å²) in [5, 5.41) is 9.09. The third-order valence-electron chi connectivity index (χ3n) is 3.05. The molecule has 2 heterocycles. The second kappa shape index (κ2) is 4.09. The summed E-state index contributed by atoms with van der Waals surface area (Å²) in [4.78, 5) is 6.42. The van der Waals surface area contributed by atoms with Crippen molar-refractivity contribution in [2.75, 3.05) is 24.6 Å². The van der Waals surface area contributed by atoms with Gasteiger partial charge in [0.05, 0.1) is 6.20 Å². The largest absolute Gasteiger partial charge is 0.428 e. The molecule has 2 rings (SSSR count).